The van der Waals surface area contributed by atoms with Crippen LogP contribution < -0.4 is 5.48 Å². The van der Waals surface area contributed by atoms with Crippen molar-refractivity contribution in [3.8, 4) is 0 Å². The second-order valence-electron chi connectivity index (χ2n) is 20.2. The highest BCUT2D eigenvalue weighted by molar-refractivity contribution is 6.45. The number of hydroxylamine groups is 3. The van der Waals surface area contributed by atoms with Crippen LogP contribution in [0.5, 0.6) is 0 Å². The van der Waals surface area contributed by atoms with Crippen LogP contribution in [0.15, 0.2) is 60.7 Å². The maximum atomic E-state index is 8.12. The van der Waals surface area contributed by atoms with Gasteiger partial charge in [-0.1, -0.05) is 108 Å². The fourth-order valence-electron chi connectivity index (χ4n) is 9.39. The molecule has 0 bridgehead atoms. The Morgan fingerprint density at radius 1 is 0.625 bits per heavy atom. The van der Waals surface area contributed by atoms with Crippen LogP contribution in [0.25, 0.3) is 0 Å². The number of nitrogens with one attached hydrogen (secondary N) is 1. The van der Waals surface area contributed by atoms with Crippen molar-refractivity contribution in [2.24, 2.45) is 35.5 Å². The number of carbonyl (C=O) groups excluding carboxylic acids is 4. The monoisotopic (exact) mass is 893 g/mol. The minimum absolute atomic E-state index is 0. The first kappa shape index (κ1) is 57.1. The molecule has 2 aromatic carbocycles. The highest BCUT2D eigenvalue weighted by Gasteiger charge is 2.51. The van der Waals surface area contributed by atoms with E-state index in [9.17, 15) is 0 Å². The topological polar surface area (TPSA) is 139 Å². The lowest BCUT2D eigenvalue weighted by atomic mass is 9.80. The molecule has 2 aliphatic heterocycles. The summed E-state index contributed by atoms with van der Waals surface area (Å²) in [5.41, 5.74) is 4.77. The average molecular weight is 893 g/mol. The van der Waals surface area contributed by atoms with E-state index in [1.165, 1.54) is 62.5 Å². The summed E-state index contributed by atoms with van der Waals surface area (Å²) < 4.78 is 24.6. The maximum Gasteiger partial charge on any atom is 0.457 e. The summed E-state index contributed by atoms with van der Waals surface area (Å²) in [6.07, 6.45) is 12.6. The maximum absolute atomic E-state index is 8.12. The van der Waals surface area contributed by atoms with Crippen LogP contribution in [-0.4, -0.2) is 74.1 Å². The minimum atomic E-state index is -0.215. The zero-order valence-corrected chi connectivity index (χ0v) is 40.3. The van der Waals surface area contributed by atoms with Crippen molar-refractivity contribution in [2.75, 3.05) is 20.1 Å². The van der Waals surface area contributed by atoms with Crippen LogP contribution in [0.1, 0.15) is 139 Å². The molecule has 6 atom stereocenters. The smallest absolute Gasteiger partial charge is 0.403 e. The molecule has 12 nitrogen and oxygen atoms in total. The lowest BCUT2D eigenvalue weighted by molar-refractivity contribution is -0.193. The van der Waals surface area contributed by atoms with E-state index in [0.29, 0.717) is 19.1 Å². The predicted molar refractivity (Wildman–Crippen MR) is 251 cm³/mol. The first-order valence-corrected chi connectivity index (χ1v) is 23.2. The molecule has 6 rings (SSSR count). The first-order valence-electron chi connectivity index (χ1n) is 23.2. The molecule has 2 aromatic rings. The summed E-state index contributed by atoms with van der Waals surface area (Å²) >= 11 is 0. The van der Waals surface area contributed by atoms with Crippen LogP contribution in [0.3, 0.4) is 0 Å². The van der Waals surface area contributed by atoms with Gasteiger partial charge in [-0.2, -0.15) is 24.2 Å². The molecule has 2 aliphatic carbocycles. The van der Waals surface area contributed by atoms with Gasteiger partial charge >= 0.3 is 26.5 Å². The van der Waals surface area contributed by atoms with Crippen LogP contribution in [0, 0.1) is 35.5 Å². The van der Waals surface area contributed by atoms with Gasteiger partial charge < -0.3 is 18.6 Å². The molecule has 0 aromatic heterocycles. The quantitative estimate of drug-likeness (QED) is 0.0866. The first-order chi connectivity index (χ1) is 29.8. The van der Waals surface area contributed by atoms with E-state index in [1.807, 2.05) is 29.3 Å². The van der Waals surface area contributed by atoms with Crippen molar-refractivity contribution in [3.05, 3.63) is 71.8 Å². The van der Waals surface area contributed by atoms with Crippen LogP contribution in [-0.2, 0) is 60.7 Å². The number of hydrogen-bond acceptors (Lipinski definition) is 12. The molecule has 4 aliphatic rings. The van der Waals surface area contributed by atoms with E-state index in [4.69, 9.17) is 47.5 Å². The number of nitrogens with zero attached hydrogens (tertiary/aromatic N) is 1. The van der Waals surface area contributed by atoms with E-state index < -0.39 is 0 Å². The third kappa shape index (κ3) is 18.7. The van der Waals surface area contributed by atoms with E-state index in [1.54, 1.807) is 0 Å². The van der Waals surface area contributed by atoms with E-state index in [2.05, 4.69) is 118 Å². The molecule has 2 saturated heterocycles. The Morgan fingerprint density at radius 2 is 1.00 bits per heavy atom. The molecule has 358 valence electrons. The number of hydrogen-bond donors (Lipinski definition) is 1. The molecular weight excluding hydrogens is 810 g/mol. The Labute approximate surface area is 387 Å². The SMILES string of the molecule is C.C[C@H]1CC(CN(C)OCc2ccccc2)C[C@H]1CCCB1OC(C)(C)C(C)(C)O1.C[C@H]1CC(CNOCc2ccccc2)C[C@H]1CCCB1OC(C)(C)C(C)(C)O1.O=C=O.O=C=O. The molecule has 2 saturated carbocycles. The molecule has 0 radical (unpaired) electrons. The second kappa shape index (κ2) is 27.6. The molecule has 1 N–H and O–H groups in total. The second-order valence-corrected chi connectivity index (χ2v) is 20.2. The molecular formula is C50H82B2N2O10. The van der Waals surface area contributed by atoms with Gasteiger partial charge in [-0.05, 0) is 140 Å². The van der Waals surface area contributed by atoms with Gasteiger partial charge in [-0.25, -0.2) is 5.48 Å². The standard InChI is InChI=1S/C24H40BNO3.C23H38BNO3.2CO2.CH4/c1-19-15-21(17-26(6)27-18-20-11-8-7-9-12-20)16-22(19)13-10-14-25-28-23(2,3)24(4,5)29-25;1-18-14-20(16-25-26-17-19-10-7-6-8-11-19)15-21(18)12-9-13-24-27-22(2,3)23(4,5)28-24;2*2-1-3;/h7-9,11-12,19,21-22H,10,13-18H2,1-6H3;6-8,10-11,18,20-21,25H,9,12-17H2,1-5H3;;;1H4/t19-,21?,22+;18-,20?,21+;;;/m00.../s1. The zero-order valence-electron chi connectivity index (χ0n) is 40.3. The van der Waals surface area contributed by atoms with Crippen molar-refractivity contribution in [3.63, 3.8) is 0 Å². The van der Waals surface area contributed by atoms with Gasteiger partial charge in [0.15, 0.2) is 0 Å². The highest BCUT2D eigenvalue weighted by atomic mass is 16.7. The minimum Gasteiger partial charge on any atom is -0.403 e. The lowest BCUT2D eigenvalue weighted by Gasteiger charge is -2.32. The molecule has 2 unspecified atom stereocenters. The molecule has 0 amide bonds. The fraction of sp³-hybridized carbons (Fsp3) is 0.720. The van der Waals surface area contributed by atoms with Crippen LogP contribution in [0.4, 0.5) is 0 Å². The summed E-state index contributed by atoms with van der Waals surface area (Å²) in [6, 6.07) is 20.7. The van der Waals surface area contributed by atoms with Gasteiger partial charge in [-0.15, -0.1) is 0 Å². The largest absolute Gasteiger partial charge is 0.457 e. The Hall–Kier alpha value is -2.99. The van der Waals surface area contributed by atoms with Gasteiger partial charge in [0.25, 0.3) is 0 Å². The molecule has 0 spiro atoms. The van der Waals surface area contributed by atoms with E-state index in [0.717, 1.165) is 55.3 Å². The van der Waals surface area contributed by atoms with Gasteiger partial charge in [0.05, 0.1) is 35.6 Å². The fourth-order valence-corrected chi connectivity index (χ4v) is 9.39. The lowest BCUT2D eigenvalue weighted by Crippen LogP contribution is -2.41. The Balaban J connectivity index is 0.000000387. The Kier molecular flexibility index (Phi) is 24.6. The molecule has 4 fully saturated rings. The van der Waals surface area contributed by atoms with Gasteiger partial charge in [0, 0.05) is 20.1 Å². The molecule has 64 heavy (non-hydrogen) atoms. The third-order valence-corrected chi connectivity index (χ3v) is 14.3. The van der Waals surface area contributed by atoms with Crippen molar-refractivity contribution < 1.29 is 47.5 Å². The third-order valence-electron chi connectivity index (χ3n) is 14.3. The summed E-state index contributed by atoms with van der Waals surface area (Å²) in [5, 5.41) is 2.04. The average Bonchev–Trinajstić information content (AvgIpc) is 3.87. The van der Waals surface area contributed by atoms with Gasteiger partial charge in [0.1, 0.15) is 0 Å². The Morgan fingerprint density at radius 3 is 1.42 bits per heavy atom. The normalized spacial score (nSPS) is 25.7. The Bertz CT molecular complexity index is 1610. The van der Waals surface area contributed by atoms with Crippen molar-refractivity contribution in [1.29, 1.82) is 0 Å². The van der Waals surface area contributed by atoms with Crippen LogP contribution >= 0.6 is 0 Å². The zero-order chi connectivity index (χ0) is 46.7. The molecule has 2 heterocycles. The summed E-state index contributed by atoms with van der Waals surface area (Å²) in [5.74, 6) is 4.65. The summed E-state index contributed by atoms with van der Waals surface area (Å²) in [7, 11) is 1.97. The summed E-state index contributed by atoms with van der Waals surface area (Å²) in [4.78, 5) is 44.1. The number of rotatable bonds is 18. The molecule has 14 heteroatoms. The predicted octanol–water partition coefficient (Wildman–Crippen LogP) is 10.3. The number of benzene rings is 2. The van der Waals surface area contributed by atoms with Crippen molar-refractivity contribution in [1.82, 2.24) is 10.5 Å². The van der Waals surface area contributed by atoms with Gasteiger partial charge in [0.2, 0.25) is 0 Å². The van der Waals surface area contributed by atoms with E-state index >= 15 is 0 Å². The highest BCUT2D eigenvalue weighted by Crippen LogP contribution is 2.43. The van der Waals surface area contributed by atoms with Crippen molar-refractivity contribution >= 4 is 26.5 Å². The van der Waals surface area contributed by atoms with Crippen LogP contribution in [0.2, 0.25) is 12.6 Å². The van der Waals surface area contributed by atoms with E-state index in [-0.39, 0.29) is 56.4 Å². The van der Waals surface area contributed by atoms with Crippen molar-refractivity contribution in [2.45, 2.75) is 176 Å². The summed E-state index contributed by atoms with van der Waals surface area (Å²) in [6.45, 7) is 25.1. The van der Waals surface area contributed by atoms with Gasteiger partial charge in [-0.3, -0.25) is 9.68 Å².